The Kier molecular flexibility index (Phi) is 5.79. The zero-order valence-corrected chi connectivity index (χ0v) is 11.4. The summed E-state index contributed by atoms with van der Waals surface area (Å²) < 4.78 is 0. The van der Waals surface area contributed by atoms with Gasteiger partial charge in [0.15, 0.2) is 0 Å². The van der Waals surface area contributed by atoms with Gasteiger partial charge in [0.25, 0.3) is 0 Å². The van der Waals surface area contributed by atoms with Gasteiger partial charge < -0.3 is 10.6 Å². The summed E-state index contributed by atoms with van der Waals surface area (Å²) in [7, 11) is 0. The molecule has 2 aliphatic rings. The predicted octanol–water partition coefficient (Wildman–Crippen LogP) is 3.16. The van der Waals surface area contributed by atoms with Crippen LogP contribution >= 0.6 is 0 Å². The first kappa shape index (κ1) is 13.4. The molecule has 2 fully saturated rings. The van der Waals surface area contributed by atoms with Crippen LogP contribution in [0.1, 0.15) is 64.2 Å². The van der Waals surface area contributed by atoms with E-state index in [4.69, 9.17) is 5.73 Å². The van der Waals surface area contributed by atoms with Gasteiger partial charge in [0.05, 0.1) is 0 Å². The molecule has 2 N–H and O–H groups in total. The summed E-state index contributed by atoms with van der Waals surface area (Å²) >= 11 is 0. The molecule has 100 valence electrons. The summed E-state index contributed by atoms with van der Waals surface area (Å²) in [6, 6.07) is 0.879. The van der Waals surface area contributed by atoms with Crippen LogP contribution in [0.3, 0.4) is 0 Å². The minimum atomic E-state index is 0.855. The third-order valence-corrected chi connectivity index (χ3v) is 4.71. The fraction of sp³-hybridized carbons (Fsp3) is 1.00. The average Bonchev–Trinajstić information content (AvgIpc) is 2.55. The van der Waals surface area contributed by atoms with Crippen molar-refractivity contribution >= 4 is 0 Å². The maximum Gasteiger partial charge on any atom is 0.00953 e. The Balaban J connectivity index is 1.82. The van der Waals surface area contributed by atoms with Crippen LogP contribution in [0.4, 0.5) is 0 Å². The molecule has 0 aliphatic heterocycles. The molecule has 0 aromatic heterocycles. The Hall–Kier alpha value is -0.0800. The summed E-state index contributed by atoms with van der Waals surface area (Å²) in [6.45, 7) is 3.47. The lowest BCUT2D eigenvalue weighted by Gasteiger charge is -2.37. The lowest BCUT2D eigenvalue weighted by atomic mass is 9.84. The van der Waals surface area contributed by atoms with Gasteiger partial charge >= 0.3 is 0 Å². The van der Waals surface area contributed by atoms with Gasteiger partial charge in [-0.1, -0.05) is 32.1 Å². The molecule has 0 radical (unpaired) electrons. The molecule has 2 saturated carbocycles. The molecule has 0 aromatic rings. The van der Waals surface area contributed by atoms with Crippen LogP contribution in [0.5, 0.6) is 0 Å². The Morgan fingerprint density at radius 1 is 0.882 bits per heavy atom. The molecule has 2 aliphatic carbocycles. The molecular formula is C15H30N2. The number of hydrogen-bond donors (Lipinski definition) is 1. The van der Waals surface area contributed by atoms with E-state index < -0.39 is 0 Å². The second-order valence-electron chi connectivity index (χ2n) is 6.08. The van der Waals surface area contributed by atoms with E-state index in [1.165, 1.54) is 77.3 Å². The topological polar surface area (TPSA) is 29.3 Å². The fourth-order valence-corrected chi connectivity index (χ4v) is 3.35. The van der Waals surface area contributed by atoms with Gasteiger partial charge in [0, 0.05) is 12.6 Å². The van der Waals surface area contributed by atoms with Crippen LogP contribution in [-0.2, 0) is 0 Å². The first-order valence-corrected chi connectivity index (χ1v) is 7.84. The Morgan fingerprint density at radius 2 is 1.59 bits per heavy atom. The van der Waals surface area contributed by atoms with Crippen molar-refractivity contribution in [3.8, 4) is 0 Å². The van der Waals surface area contributed by atoms with Crippen molar-refractivity contribution in [2.75, 3.05) is 19.6 Å². The monoisotopic (exact) mass is 238 g/mol. The second-order valence-corrected chi connectivity index (χ2v) is 6.08. The van der Waals surface area contributed by atoms with Crippen LogP contribution in [0.2, 0.25) is 0 Å². The van der Waals surface area contributed by atoms with E-state index in [9.17, 15) is 0 Å². The van der Waals surface area contributed by atoms with Crippen molar-refractivity contribution < 1.29 is 0 Å². The molecule has 0 atom stereocenters. The average molecular weight is 238 g/mol. The van der Waals surface area contributed by atoms with Crippen molar-refractivity contribution in [2.45, 2.75) is 70.3 Å². The SMILES string of the molecule is NCCCN(CC1CCC1)C1CCCCCC1. The quantitative estimate of drug-likeness (QED) is 0.720. The largest absolute Gasteiger partial charge is 0.330 e. The predicted molar refractivity (Wildman–Crippen MR) is 74.1 cm³/mol. The lowest BCUT2D eigenvalue weighted by Crippen LogP contribution is -2.41. The van der Waals surface area contributed by atoms with Crippen molar-refractivity contribution in [2.24, 2.45) is 11.7 Å². The number of rotatable bonds is 6. The van der Waals surface area contributed by atoms with Gasteiger partial charge in [0.1, 0.15) is 0 Å². The van der Waals surface area contributed by atoms with E-state index in [1.54, 1.807) is 0 Å². The smallest absolute Gasteiger partial charge is 0.00953 e. The van der Waals surface area contributed by atoms with Crippen molar-refractivity contribution in [1.29, 1.82) is 0 Å². The first-order chi connectivity index (χ1) is 8.40. The highest BCUT2D eigenvalue weighted by atomic mass is 15.2. The molecule has 0 amide bonds. The molecule has 0 bridgehead atoms. The van der Waals surface area contributed by atoms with Crippen molar-refractivity contribution in [3.63, 3.8) is 0 Å². The van der Waals surface area contributed by atoms with Crippen LogP contribution < -0.4 is 5.73 Å². The molecule has 17 heavy (non-hydrogen) atoms. The third kappa shape index (κ3) is 4.26. The number of hydrogen-bond acceptors (Lipinski definition) is 2. The van der Waals surface area contributed by atoms with Gasteiger partial charge in [-0.3, -0.25) is 0 Å². The standard InChI is InChI=1S/C15H30N2/c16-11-6-12-17(13-14-7-5-8-14)15-9-3-1-2-4-10-15/h14-15H,1-13,16H2. The van der Waals surface area contributed by atoms with Gasteiger partial charge in [-0.15, -0.1) is 0 Å². The zero-order valence-electron chi connectivity index (χ0n) is 11.4. The summed E-state index contributed by atoms with van der Waals surface area (Å²) in [5.41, 5.74) is 5.69. The van der Waals surface area contributed by atoms with E-state index in [0.717, 1.165) is 18.5 Å². The van der Waals surface area contributed by atoms with Crippen LogP contribution in [0, 0.1) is 5.92 Å². The minimum Gasteiger partial charge on any atom is -0.330 e. The second kappa shape index (κ2) is 7.38. The molecule has 0 saturated heterocycles. The third-order valence-electron chi connectivity index (χ3n) is 4.71. The molecule has 0 unspecified atom stereocenters. The number of nitrogens with zero attached hydrogens (tertiary/aromatic N) is 1. The summed E-state index contributed by atoms with van der Waals surface area (Å²) in [6.07, 6.45) is 14.3. The highest BCUT2D eigenvalue weighted by Gasteiger charge is 2.25. The zero-order chi connectivity index (χ0) is 11.9. The Morgan fingerprint density at radius 3 is 2.12 bits per heavy atom. The highest BCUT2D eigenvalue weighted by molar-refractivity contribution is 4.80. The summed E-state index contributed by atoms with van der Waals surface area (Å²) in [5, 5.41) is 0. The van der Waals surface area contributed by atoms with E-state index in [2.05, 4.69) is 4.90 Å². The molecule has 0 heterocycles. The van der Waals surface area contributed by atoms with E-state index in [1.807, 2.05) is 0 Å². The van der Waals surface area contributed by atoms with Gasteiger partial charge in [0.2, 0.25) is 0 Å². The molecule has 2 nitrogen and oxygen atoms in total. The van der Waals surface area contributed by atoms with Gasteiger partial charge in [-0.05, 0) is 51.1 Å². The fourth-order valence-electron chi connectivity index (χ4n) is 3.35. The molecular weight excluding hydrogens is 208 g/mol. The minimum absolute atomic E-state index is 0.855. The van der Waals surface area contributed by atoms with E-state index in [0.29, 0.717) is 0 Å². The van der Waals surface area contributed by atoms with E-state index >= 15 is 0 Å². The van der Waals surface area contributed by atoms with Gasteiger partial charge in [-0.25, -0.2) is 0 Å². The molecule has 0 aromatic carbocycles. The molecule has 0 spiro atoms. The van der Waals surface area contributed by atoms with Crippen LogP contribution in [0.15, 0.2) is 0 Å². The van der Waals surface area contributed by atoms with E-state index in [-0.39, 0.29) is 0 Å². The Labute approximate surface area is 107 Å². The maximum absolute atomic E-state index is 5.69. The lowest BCUT2D eigenvalue weighted by molar-refractivity contribution is 0.121. The highest BCUT2D eigenvalue weighted by Crippen LogP contribution is 2.30. The van der Waals surface area contributed by atoms with Crippen LogP contribution in [-0.4, -0.2) is 30.6 Å². The van der Waals surface area contributed by atoms with Crippen molar-refractivity contribution in [1.82, 2.24) is 4.90 Å². The Bertz CT molecular complexity index is 193. The summed E-state index contributed by atoms with van der Waals surface area (Å²) in [4.78, 5) is 2.79. The van der Waals surface area contributed by atoms with Gasteiger partial charge in [-0.2, -0.15) is 0 Å². The molecule has 2 rings (SSSR count). The molecule has 2 heteroatoms. The van der Waals surface area contributed by atoms with Crippen LogP contribution in [0.25, 0.3) is 0 Å². The van der Waals surface area contributed by atoms with Crippen molar-refractivity contribution in [3.05, 3.63) is 0 Å². The number of nitrogens with two attached hydrogens (primary N) is 1. The summed E-state index contributed by atoms with van der Waals surface area (Å²) in [5.74, 6) is 1.01. The normalized spacial score (nSPS) is 23.6. The maximum atomic E-state index is 5.69. The first-order valence-electron chi connectivity index (χ1n) is 7.84.